The molecule has 1 atom stereocenters. The molecule has 1 aromatic heterocycles. The van der Waals surface area contributed by atoms with E-state index in [0.717, 1.165) is 15.0 Å². The Labute approximate surface area is 163 Å². The molecule has 0 aliphatic rings. The third kappa shape index (κ3) is 4.65. The number of carbonyl (C=O) groups excluding carboxylic acids is 2. The zero-order chi connectivity index (χ0) is 19.4. The minimum absolute atomic E-state index is 0.0385. The Morgan fingerprint density at radius 3 is 2.31 bits per heavy atom. The molecule has 0 spiro atoms. The minimum atomic E-state index is -0.838. The predicted molar refractivity (Wildman–Crippen MR) is 109 cm³/mol. The van der Waals surface area contributed by atoms with Crippen molar-refractivity contribution >= 4 is 51.0 Å². The van der Waals surface area contributed by atoms with Crippen LogP contribution in [0.3, 0.4) is 0 Å². The zero-order valence-electron chi connectivity index (χ0n) is 15.7. The summed E-state index contributed by atoms with van der Waals surface area (Å²) in [6, 6.07) is 7.86. The van der Waals surface area contributed by atoms with Crippen molar-refractivity contribution in [3.05, 3.63) is 40.2 Å². The van der Waals surface area contributed by atoms with E-state index >= 15 is 0 Å². The van der Waals surface area contributed by atoms with Gasteiger partial charge in [0.05, 0.1) is 5.02 Å². The third-order valence-electron chi connectivity index (χ3n) is 3.94. The Bertz CT molecular complexity index is 818. The Morgan fingerprint density at radius 2 is 1.73 bits per heavy atom. The van der Waals surface area contributed by atoms with Gasteiger partial charge in [-0.1, -0.05) is 29.8 Å². The first kappa shape index (κ1) is 20.5. The molecule has 4 nitrogen and oxygen atoms in total. The number of fused-ring (bicyclic) bond motifs is 1. The highest BCUT2D eigenvalue weighted by atomic mass is 35.5. The number of hydrogen-bond acceptors (Lipinski definition) is 4. The predicted octanol–water partition coefficient (Wildman–Crippen LogP) is 5.15. The number of amides is 1. The van der Waals surface area contributed by atoms with Crippen LogP contribution in [0.25, 0.3) is 16.2 Å². The van der Waals surface area contributed by atoms with E-state index in [1.165, 1.54) is 17.4 Å². The highest BCUT2D eigenvalue weighted by Gasteiger charge is 2.27. The first-order valence-electron chi connectivity index (χ1n) is 8.60. The van der Waals surface area contributed by atoms with Crippen LogP contribution in [0.15, 0.2) is 30.3 Å². The monoisotopic (exact) mass is 393 g/mol. The van der Waals surface area contributed by atoms with E-state index in [0.29, 0.717) is 5.02 Å². The number of rotatable bonds is 6. The van der Waals surface area contributed by atoms with Crippen molar-refractivity contribution in [2.24, 2.45) is 0 Å². The van der Waals surface area contributed by atoms with E-state index in [2.05, 4.69) is 0 Å². The molecule has 1 unspecified atom stereocenters. The van der Waals surface area contributed by atoms with Crippen LogP contribution < -0.4 is 0 Å². The molecular formula is C20H24ClNO3S. The second-order valence-corrected chi connectivity index (χ2v) is 8.08. The SMILES string of the molecule is CC(OC(=O)/C=C/c1sc2ccccc2c1Cl)C(=O)N(C(C)C)C(C)C. The number of benzene rings is 1. The van der Waals surface area contributed by atoms with Gasteiger partial charge in [0.15, 0.2) is 6.10 Å². The van der Waals surface area contributed by atoms with Gasteiger partial charge in [-0.2, -0.15) is 0 Å². The van der Waals surface area contributed by atoms with E-state index in [1.54, 1.807) is 17.9 Å². The van der Waals surface area contributed by atoms with Crippen LogP contribution in [-0.2, 0) is 14.3 Å². The second kappa shape index (κ2) is 8.69. The molecular weight excluding hydrogens is 370 g/mol. The number of hydrogen-bond donors (Lipinski definition) is 0. The first-order chi connectivity index (χ1) is 12.2. The molecule has 6 heteroatoms. The van der Waals surface area contributed by atoms with E-state index in [4.69, 9.17) is 16.3 Å². The molecule has 0 aliphatic carbocycles. The Balaban J connectivity index is 2.06. The summed E-state index contributed by atoms with van der Waals surface area (Å²) >= 11 is 7.86. The van der Waals surface area contributed by atoms with Crippen LogP contribution in [0.4, 0.5) is 0 Å². The lowest BCUT2D eigenvalue weighted by atomic mass is 10.2. The van der Waals surface area contributed by atoms with Crippen molar-refractivity contribution in [3.8, 4) is 0 Å². The molecule has 0 radical (unpaired) electrons. The number of halogens is 1. The van der Waals surface area contributed by atoms with Gasteiger partial charge in [0.1, 0.15) is 0 Å². The van der Waals surface area contributed by atoms with Gasteiger partial charge in [-0.05, 0) is 46.8 Å². The summed E-state index contributed by atoms with van der Waals surface area (Å²) in [6.45, 7) is 9.36. The lowest BCUT2D eigenvalue weighted by Crippen LogP contribution is -2.47. The maximum atomic E-state index is 12.5. The van der Waals surface area contributed by atoms with Crippen LogP contribution in [-0.4, -0.2) is 35.0 Å². The van der Waals surface area contributed by atoms with Crippen molar-refractivity contribution in [3.63, 3.8) is 0 Å². The fourth-order valence-corrected chi connectivity index (χ4v) is 4.26. The average Bonchev–Trinajstić information content (AvgIpc) is 2.88. The number of esters is 1. The summed E-state index contributed by atoms with van der Waals surface area (Å²) in [4.78, 5) is 27.1. The first-order valence-corrected chi connectivity index (χ1v) is 9.79. The van der Waals surface area contributed by atoms with E-state index in [-0.39, 0.29) is 18.0 Å². The van der Waals surface area contributed by atoms with Gasteiger partial charge in [-0.15, -0.1) is 11.3 Å². The summed E-state index contributed by atoms with van der Waals surface area (Å²) in [5, 5.41) is 1.57. The maximum absolute atomic E-state index is 12.5. The molecule has 0 saturated carbocycles. The van der Waals surface area contributed by atoms with Gasteiger partial charge < -0.3 is 9.64 Å². The van der Waals surface area contributed by atoms with Gasteiger partial charge >= 0.3 is 5.97 Å². The van der Waals surface area contributed by atoms with Crippen molar-refractivity contribution in [1.82, 2.24) is 4.90 Å². The quantitative estimate of drug-likeness (QED) is 0.504. The molecule has 0 saturated heterocycles. The number of thiophene rings is 1. The number of carbonyl (C=O) groups is 2. The fourth-order valence-electron chi connectivity index (χ4n) is 2.86. The highest BCUT2D eigenvalue weighted by Crippen LogP contribution is 2.35. The molecule has 2 aromatic rings. The van der Waals surface area contributed by atoms with Crippen LogP contribution in [0.1, 0.15) is 39.5 Å². The summed E-state index contributed by atoms with van der Waals surface area (Å²) in [5.74, 6) is -0.761. The van der Waals surface area contributed by atoms with Gasteiger partial charge in [0.2, 0.25) is 0 Å². The topological polar surface area (TPSA) is 46.6 Å². The number of ether oxygens (including phenoxy) is 1. The van der Waals surface area contributed by atoms with Crippen LogP contribution in [0, 0.1) is 0 Å². The van der Waals surface area contributed by atoms with Gasteiger partial charge in [-0.25, -0.2) is 4.79 Å². The Kier molecular flexibility index (Phi) is 6.84. The fraction of sp³-hybridized carbons (Fsp3) is 0.400. The van der Waals surface area contributed by atoms with Gasteiger partial charge in [-0.3, -0.25) is 4.79 Å². The number of nitrogens with zero attached hydrogens (tertiary/aromatic N) is 1. The summed E-state index contributed by atoms with van der Waals surface area (Å²) in [7, 11) is 0. The molecule has 0 fully saturated rings. The Morgan fingerprint density at radius 1 is 1.12 bits per heavy atom. The summed E-state index contributed by atoms with van der Waals surface area (Å²) in [6.07, 6.45) is 2.11. The standard InChI is InChI=1S/C20H24ClNO3S/c1-12(2)22(13(3)4)20(24)14(5)25-18(23)11-10-17-19(21)15-8-6-7-9-16(15)26-17/h6-14H,1-5H3/b11-10+. The van der Waals surface area contributed by atoms with Crippen LogP contribution in [0.2, 0.25) is 5.02 Å². The van der Waals surface area contributed by atoms with Crippen molar-refractivity contribution in [2.75, 3.05) is 0 Å². The lowest BCUT2D eigenvalue weighted by molar-refractivity contribution is -0.157. The van der Waals surface area contributed by atoms with E-state index in [9.17, 15) is 9.59 Å². The molecule has 140 valence electrons. The van der Waals surface area contributed by atoms with Crippen molar-refractivity contribution in [2.45, 2.75) is 52.8 Å². The maximum Gasteiger partial charge on any atom is 0.331 e. The van der Waals surface area contributed by atoms with E-state index < -0.39 is 12.1 Å². The largest absolute Gasteiger partial charge is 0.449 e. The minimum Gasteiger partial charge on any atom is -0.449 e. The van der Waals surface area contributed by atoms with Crippen molar-refractivity contribution in [1.29, 1.82) is 0 Å². The smallest absolute Gasteiger partial charge is 0.331 e. The van der Waals surface area contributed by atoms with Crippen LogP contribution >= 0.6 is 22.9 Å². The Hall–Kier alpha value is -1.85. The molecule has 0 aliphatic heterocycles. The van der Waals surface area contributed by atoms with Gasteiger partial charge in [0, 0.05) is 33.1 Å². The molecule has 1 amide bonds. The van der Waals surface area contributed by atoms with E-state index in [1.807, 2.05) is 52.0 Å². The normalized spacial score (nSPS) is 12.9. The molecule has 0 bridgehead atoms. The molecule has 1 aromatic carbocycles. The average molecular weight is 394 g/mol. The molecule has 26 heavy (non-hydrogen) atoms. The van der Waals surface area contributed by atoms with Crippen LogP contribution in [0.5, 0.6) is 0 Å². The molecule has 1 heterocycles. The molecule has 0 N–H and O–H groups in total. The summed E-state index contributed by atoms with van der Waals surface area (Å²) < 4.78 is 6.33. The highest BCUT2D eigenvalue weighted by molar-refractivity contribution is 7.20. The molecule has 2 rings (SSSR count). The second-order valence-electron chi connectivity index (χ2n) is 6.62. The third-order valence-corrected chi connectivity index (χ3v) is 5.59. The van der Waals surface area contributed by atoms with Gasteiger partial charge in [0.25, 0.3) is 5.91 Å². The lowest BCUT2D eigenvalue weighted by Gasteiger charge is -2.32. The zero-order valence-corrected chi connectivity index (χ0v) is 17.2. The summed E-state index contributed by atoms with van der Waals surface area (Å²) in [5.41, 5.74) is 0. The van der Waals surface area contributed by atoms with Crippen molar-refractivity contribution < 1.29 is 14.3 Å².